The van der Waals surface area contributed by atoms with Crippen molar-refractivity contribution in [2.75, 3.05) is 11.9 Å². The monoisotopic (exact) mass is 465 g/mol. The number of aromatic nitrogens is 7. The standard InChI is InChI=1S/C22H21F2N9O/c1-11(21-30-10-31-33(21)17-7-16(20(25)34)26-8-27-17)32(2)22-15-6-13(19(23)24)5-14(12-3-4-12)18(15)28-9-29-22/h5-12,19H,3-4H2,1-2H3,(H2,25,34)/t11-/m0/s1. The summed E-state index contributed by atoms with van der Waals surface area (Å²) < 4.78 is 28.8. The summed E-state index contributed by atoms with van der Waals surface area (Å²) in [6.45, 7) is 1.88. The lowest BCUT2D eigenvalue weighted by atomic mass is 10.0. The molecule has 0 radical (unpaired) electrons. The van der Waals surface area contributed by atoms with E-state index in [1.54, 1.807) is 13.1 Å². The van der Waals surface area contributed by atoms with Crippen molar-refractivity contribution in [1.29, 1.82) is 0 Å². The first-order valence-corrected chi connectivity index (χ1v) is 10.7. The normalized spacial score (nSPS) is 14.5. The summed E-state index contributed by atoms with van der Waals surface area (Å²) in [6.07, 6.45) is 3.36. The highest BCUT2D eigenvalue weighted by molar-refractivity contribution is 5.93. The van der Waals surface area contributed by atoms with Crippen LogP contribution < -0.4 is 10.6 Å². The van der Waals surface area contributed by atoms with Crippen LogP contribution in [0.1, 0.15) is 65.6 Å². The summed E-state index contributed by atoms with van der Waals surface area (Å²) in [6, 6.07) is 4.04. The molecular weight excluding hydrogens is 444 g/mol. The maximum absolute atomic E-state index is 13.7. The van der Waals surface area contributed by atoms with Gasteiger partial charge < -0.3 is 10.6 Å². The zero-order valence-electron chi connectivity index (χ0n) is 18.4. The predicted molar refractivity (Wildman–Crippen MR) is 119 cm³/mol. The molecule has 174 valence electrons. The van der Waals surface area contributed by atoms with Crippen LogP contribution in [0.2, 0.25) is 0 Å². The fourth-order valence-electron chi connectivity index (χ4n) is 3.98. The van der Waals surface area contributed by atoms with E-state index in [0.29, 0.717) is 28.4 Å². The first-order chi connectivity index (χ1) is 16.3. The lowest BCUT2D eigenvalue weighted by molar-refractivity contribution is 0.0995. The van der Waals surface area contributed by atoms with Gasteiger partial charge in [-0.1, -0.05) is 0 Å². The highest BCUT2D eigenvalue weighted by Gasteiger charge is 2.29. The molecule has 10 nitrogen and oxygen atoms in total. The molecule has 0 unspecified atom stereocenters. The number of benzene rings is 1. The van der Waals surface area contributed by atoms with E-state index in [4.69, 9.17) is 5.73 Å². The van der Waals surface area contributed by atoms with Crippen LogP contribution in [0.3, 0.4) is 0 Å². The van der Waals surface area contributed by atoms with Crippen LogP contribution in [-0.4, -0.2) is 47.7 Å². The second-order valence-electron chi connectivity index (χ2n) is 8.22. The number of carbonyl (C=O) groups is 1. The lowest BCUT2D eigenvalue weighted by Gasteiger charge is -2.26. The second kappa shape index (κ2) is 8.36. The maximum atomic E-state index is 13.7. The summed E-state index contributed by atoms with van der Waals surface area (Å²) in [5, 5.41) is 4.79. The van der Waals surface area contributed by atoms with Crippen molar-refractivity contribution >= 4 is 22.6 Å². The van der Waals surface area contributed by atoms with Crippen molar-refractivity contribution in [2.45, 2.75) is 38.2 Å². The number of amides is 1. The highest BCUT2D eigenvalue weighted by Crippen LogP contribution is 2.45. The third-order valence-electron chi connectivity index (χ3n) is 6.02. The average Bonchev–Trinajstić information content (AvgIpc) is 3.57. The number of rotatable bonds is 7. The fraction of sp³-hybridized carbons (Fsp3) is 0.318. The average molecular weight is 465 g/mol. The first kappa shape index (κ1) is 21.7. The van der Waals surface area contributed by atoms with Crippen LogP contribution >= 0.6 is 0 Å². The minimum Gasteiger partial charge on any atom is -0.364 e. The van der Waals surface area contributed by atoms with E-state index in [-0.39, 0.29) is 17.2 Å². The Labute approximate surface area is 192 Å². The van der Waals surface area contributed by atoms with Gasteiger partial charge in [-0.3, -0.25) is 4.79 Å². The van der Waals surface area contributed by atoms with Gasteiger partial charge in [0, 0.05) is 24.1 Å². The molecule has 0 bridgehead atoms. The van der Waals surface area contributed by atoms with Crippen LogP contribution in [0.4, 0.5) is 14.6 Å². The smallest absolute Gasteiger partial charge is 0.267 e. The molecule has 1 amide bonds. The Morgan fingerprint density at radius 1 is 1.09 bits per heavy atom. The summed E-state index contributed by atoms with van der Waals surface area (Å²) in [4.78, 5) is 34.6. The van der Waals surface area contributed by atoms with Gasteiger partial charge >= 0.3 is 0 Å². The van der Waals surface area contributed by atoms with Gasteiger partial charge in [0.05, 0.1) is 11.6 Å². The SMILES string of the molecule is C[C@@H](c1ncnn1-c1cc(C(N)=O)ncn1)N(C)c1ncnc2c(C3CC3)cc(C(F)F)cc12. The zero-order chi connectivity index (χ0) is 24.0. The maximum Gasteiger partial charge on any atom is 0.267 e. The number of fused-ring (bicyclic) bond motifs is 1. The quantitative estimate of drug-likeness (QED) is 0.441. The number of hydrogen-bond acceptors (Lipinski definition) is 8. The third kappa shape index (κ3) is 3.80. The van der Waals surface area contributed by atoms with Crippen molar-refractivity contribution in [1.82, 2.24) is 34.7 Å². The molecule has 5 rings (SSSR count). The third-order valence-corrected chi connectivity index (χ3v) is 6.02. The summed E-state index contributed by atoms with van der Waals surface area (Å²) in [7, 11) is 1.80. The van der Waals surface area contributed by atoms with E-state index in [9.17, 15) is 13.6 Å². The molecule has 0 aliphatic heterocycles. The van der Waals surface area contributed by atoms with Crippen LogP contribution in [-0.2, 0) is 0 Å². The molecule has 0 spiro atoms. The van der Waals surface area contributed by atoms with Crippen molar-refractivity contribution in [2.24, 2.45) is 5.73 Å². The Bertz CT molecular complexity index is 1390. The van der Waals surface area contributed by atoms with Gasteiger partial charge in [-0.25, -0.2) is 33.7 Å². The van der Waals surface area contributed by atoms with E-state index in [2.05, 4.69) is 30.0 Å². The molecule has 1 aliphatic rings. The van der Waals surface area contributed by atoms with Gasteiger partial charge in [-0.05, 0) is 43.4 Å². The number of nitrogens with two attached hydrogens (primary N) is 1. The molecule has 0 saturated heterocycles. The number of primary amides is 1. The van der Waals surface area contributed by atoms with Gasteiger partial charge in [-0.2, -0.15) is 9.78 Å². The molecular formula is C22H21F2N9O. The Morgan fingerprint density at radius 3 is 2.56 bits per heavy atom. The molecule has 1 fully saturated rings. The molecule has 3 aromatic heterocycles. The van der Waals surface area contributed by atoms with E-state index in [0.717, 1.165) is 18.4 Å². The van der Waals surface area contributed by atoms with Crippen molar-refractivity contribution in [3.63, 3.8) is 0 Å². The summed E-state index contributed by atoms with van der Waals surface area (Å²) in [5.41, 5.74) is 6.84. The lowest BCUT2D eigenvalue weighted by Crippen LogP contribution is -2.26. The van der Waals surface area contributed by atoms with Gasteiger partial charge in [-0.15, -0.1) is 0 Å². The molecule has 2 N–H and O–H groups in total. The van der Waals surface area contributed by atoms with E-state index < -0.39 is 18.4 Å². The Morgan fingerprint density at radius 2 is 1.85 bits per heavy atom. The van der Waals surface area contributed by atoms with E-state index in [1.165, 1.54) is 35.8 Å². The molecule has 1 atom stereocenters. The van der Waals surface area contributed by atoms with Gasteiger partial charge in [0.2, 0.25) is 0 Å². The molecule has 34 heavy (non-hydrogen) atoms. The van der Waals surface area contributed by atoms with Crippen LogP contribution in [0.25, 0.3) is 16.7 Å². The first-order valence-electron chi connectivity index (χ1n) is 10.7. The van der Waals surface area contributed by atoms with Gasteiger partial charge in [0.1, 0.15) is 30.5 Å². The molecule has 3 heterocycles. The van der Waals surface area contributed by atoms with Crippen molar-refractivity contribution < 1.29 is 13.6 Å². The Hall–Kier alpha value is -4.09. The summed E-state index contributed by atoms with van der Waals surface area (Å²) >= 11 is 0. The number of carbonyl (C=O) groups excluding carboxylic acids is 1. The molecule has 4 aromatic rings. The van der Waals surface area contributed by atoms with E-state index in [1.807, 2.05) is 11.8 Å². The minimum atomic E-state index is -2.60. The Balaban J connectivity index is 1.57. The second-order valence-corrected chi connectivity index (χ2v) is 8.22. The van der Waals surface area contributed by atoms with Gasteiger partial charge in [0.15, 0.2) is 11.6 Å². The van der Waals surface area contributed by atoms with Crippen LogP contribution in [0.15, 0.2) is 37.2 Å². The number of alkyl halides is 2. The number of nitrogens with zero attached hydrogens (tertiary/aromatic N) is 8. The van der Waals surface area contributed by atoms with Crippen LogP contribution in [0.5, 0.6) is 0 Å². The van der Waals surface area contributed by atoms with Gasteiger partial charge in [0.25, 0.3) is 12.3 Å². The topological polar surface area (TPSA) is 129 Å². The highest BCUT2D eigenvalue weighted by atomic mass is 19.3. The predicted octanol–water partition coefficient (Wildman–Crippen LogP) is 3.11. The van der Waals surface area contributed by atoms with Crippen molar-refractivity contribution in [3.05, 3.63) is 59.8 Å². The largest absolute Gasteiger partial charge is 0.364 e. The zero-order valence-corrected chi connectivity index (χ0v) is 18.4. The van der Waals surface area contributed by atoms with E-state index >= 15 is 0 Å². The number of hydrogen-bond donors (Lipinski definition) is 1. The number of halogens is 2. The molecule has 1 aliphatic carbocycles. The molecule has 1 saturated carbocycles. The fourth-order valence-corrected chi connectivity index (χ4v) is 3.98. The Kier molecular flexibility index (Phi) is 5.34. The molecule has 1 aromatic carbocycles. The van der Waals surface area contributed by atoms with Crippen molar-refractivity contribution in [3.8, 4) is 5.82 Å². The number of anilines is 1. The summed E-state index contributed by atoms with van der Waals surface area (Å²) in [5.74, 6) is 0.865. The minimum absolute atomic E-state index is 0.0429. The van der Waals surface area contributed by atoms with Crippen LogP contribution in [0, 0.1) is 0 Å². The molecule has 12 heteroatoms.